The summed E-state index contributed by atoms with van der Waals surface area (Å²) < 4.78 is 5.26. The lowest BCUT2D eigenvalue weighted by molar-refractivity contribution is 0.266. The van der Waals surface area contributed by atoms with Gasteiger partial charge in [-0.25, -0.2) is 0 Å². The lowest BCUT2D eigenvalue weighted by Crippen LogP contribution is -2.41. The molecule has 4 aromatic rings. The van der Waals surface area contributed by atoms with Crippen LogP contribution in [0.1, 0.15) is 47.4 Å². The van der Waals surface area contributed by atoms with E-state index >= 15 is 0 Å². The highest BCUT2D eigenvalue weighted by Gasteiger charge is 2.24. The zero-order valence-corrected chi connectivity index (χ0v) is 20.7. The first kappa shape index (κ1) is 27.1. The van der Waals surface area contributed by atoms with Gasteiger partial charge in [-0.3, -0.25) is 0 Å². The van der Waals surface area contributed by atoms with E-state index in [1.165, 1.54) is 33.5 Å². The lowest BCUT2D eigenvalue weighted by Gasteiger charge is -2.19. The third-order valence-corrected chi connectivity index (χ3v) is 7.33. The molecule has 6 rings (SSSR count). The normalized spacial score (nSPS) is 14.2. The molecule has 37 heavy (non-hydrogen) atoms. The number of aromatic nitrogens is 2. The van der Waals surface area contributed by atoms with Crippen molar-refractivity contribution in [3.8, 4) is 0 Å². The van der Waals surface area contributed by atoms with Gasteiger partial charge in [0.1, 0.15) is 0 Å². The number of H-pyrrole nitrogens is 2. The van der Waals surface area contributed by atoms with Crippen molar-refractivity contribution in [3.05, 3.63) is 107 Å². The summed E-state index contributed by atoms with van der Waals surface area (Å²) in [6.45, 7) is 0.358. The van der Waals surface area contributed by atoms with Gasteiger partial charge >= 0.3 is 14.0 Å². The van der Waals surface area contributed by atoms with E-state index in [9.17, 15) is 10.0 Å². The highest BCUT2D eigenvalue weighted by Crippen LogP contribution is 2.16. The maximum atomic E-state index is 10.0. The number of benzene rings is 2. The van der Waals surface area contributed by atoms with Gasteiger partial charge in [-0.1, -0.05) is 55.8 Å². The van der Waals surface area contributed by atoms with Crippen molar-refractivity contribution in [2.24, 2.45) is 0 Å². The maximum Gasteiger partial charge on any atom is 0.491 e. The monoisotopic (exact) mass is 496 g/mol. The summed E-state index contributed by atoms with van der Waals surface area (Å²) in [5.41, 5.74) is 9.79. The molecule has 0 saturated heterocycles. The van der Waals surface area contributed by atoms with Crippen LogP contribution in [0.15, 0.2) is 73.2 Å². The Morgan fingerprint density at radius 2 is 1.51 bits per heavy atom. The lowest BCUT2D eigenvalue weighted by atomic mass is 9.53. The van der Waals surface area contributed by atoms with Crippen LogP contribution in [0.3, 0.4) is 0 Å². The molecule has 2 aliphatic heterocycles. The molecule has 5 nitrogen and oxygen atoms in total. The Kier molecular flexibility index (Phi) is 9.51. The van der Waals surface area contributed by atoms with Crippen LogP contribution in [-0.2, 0) is 43.2 Å². The summed E-state index contributed by atoms with van der Waals surface area (Å²) in [5.74, 6) is 0. The minimum Gasteiger partial charge on any atom is -0.446 e. The molecule has 7 heteroatoms. The molecule has 0 radical (unpaired) electrons. The molecule has 0 aliphatic carbocycles. The van der Waals surface area contributed by atoms with E-state index in [2.05, 4.69) is 58.5 Å². The van der Waals surface area contributed by atoms with Crippen LogP contribution in [0, 0.1) is 0 Å². The summed E-state index contributed by atoms with van der Waals surface area (Å²) >= 11 is 0. The van der Waals surface area contributed by atoms with Crippen LogP contribution in [0.4, 0.5) is 0 Å². The van der Waals surface area contributed by atoms with E-state index in [0.29, 0.717) is 6.61 Å². The summed E-state index contributed by atoms with van der Waals surface area (Å²) in [4.78, 5) is 6.29. The molecule has 2 aromatic carbocycles. The summed E-state index contributed by atoms with van der Waals surface area (Å²) in [6.07, 6.45) is 14.0. The van der Waals surface area contributed by atoms with E-state index in [0.717, 1.165) is 62.2 Å². The smallest absolute Gasteiger partial charge is 0.446 e. The second-order valence-electron chi connectivity index (χ2n) is 9.86. The minimum atomic E-state index is -0.751. The van der Waals surface area contributed by atoms with Crippen molar-refractivity contribution < 1.29 is 14.7 Å². The average molecular weight is 496 g/mol. The van der Waals surface area contributed by atoms with Crippen molar-refractivity contribution in [2.75, 3.05) is 6.61 Å². The Hall–Kier alpha value is -2.99. The Labute approximate surface area is 221 Å². The van der Waals surface area contributed by atoms with E-state index in [1.807, 2.05) is 24.7 Å². The van der Waals surface area contributed by atoms with Crippen LogP contribution in [-0.4, -0.2) is 40.7 Å². The van der Waals surface area contributed by atoms with E-state index in [4.69, 9.17) is 4.65 Å². The molecule has 0 unspecified atom stereocenters. The number of hydrogen-bond acceptors (Lipinski definition) is 3. The Morgan fingerprint density at radius 3 is 2.24 bits per heavy atom. The largest absolute Gasteiger partial charge is 0.491 e. The van der Waals surface area contributed by atoms with Gasteiger partial charge in [0, 0.05) is 30.9 Å². The fraction of sp³-hybridized carbons (Fsp3) is 0.333. The molecule has 4 heterocycles. The first-order chi connectivity index (χ1) is 17.7. The Morgan fingerprint density at radius 1 is 0.784 bits per heavy atom. The Bertz CT molecular complexity index is 1140. The third kappa shape index (κ3) is 7.07. The molecule has 0 amide bonds. The number of aryl methyl sites for hydroxylation is 5. The Balaban J connectivity index is 0.000000168. The van der Waals surface area contributed by atoms with Crippen LogP contribution in [0.25, 0.3) is 0 Å². The molecule has 0 fully saturated rings. The van der Waals surface area contributed by atoms with Crippen LogP contribution >= 0.6 is 0 Å². The van der Waals surface area contributed by atoms with Crippen LogP contribution in [0.5, 0.6) is 0 Å². The van der Waals surface area contributed by atoms with Gasteiger partial charge in [-0.15, -0.1) is 0 Å². The second kappa shape index (κ2) is 13.0. The van der Waals surface area contributed by atoms with Crippen LogP contribution in [0.2, 0.25) is 6.32 Å². The molecular weight excluding hydrogens is 458 g/mol. The van der Waals surface area contributed by atoms with Gasteiger partial charge in [0.2, 0.25) is 0 Å². The highest BCUT2D eigenvalue weighted by atomic mass is 16.5. The number of rotatable bonds is 6. The molecule has 192 valence electrons. The number of nitrogens with one attached hydrogen (secondary N) is 2. The SMILES string of the molecule is C.OB1CCCc2ccc(CCc3cc[nH]c3)cc21.OB1OCCc2ccc(CCc3ccc[nH]3)cc21. The number of hydrogen-bond donors (Lipinski definition) is 4. The minimum absolute atomic E-state index is 0. The fourth-order valence-electron chi connectivity index (χ4n) is 5.21. The molecule has 2 aromatic heterocycles. The van der Waals surface area contributed by atoms with Gasteiger partial charge in [0.25, 0.3) is 0 Å². The van der Waals surface area contributed by atoms with Gasteiger partial charge in [-0.05, 0) is 96.2 Å². The quantitative estimate of drug-likeness (QED) is 0.308. The zero-order chi connectivity index (χ0) is 24.7. The summed E-state index contributed by atoms with van der Waals surface area (Å²) in [7, 11) is -0.751. The van der Waals surface area contributed by atoms with Gasteiger partial charge in [0.15, 0.2) is 0 Å². The van der Waals surface area contributed by atoms with Crippen molar-refractivity contribution in [1.29, 1.82) is 0 Å². The standard InChI is InChI=1S/C15H18BNO.C14H16BNO2.CH4/c18-16-8-1-2-14-6-5-12(10-15(14)16)3-4-13-7-9-17-11-13;17-15-14-10-11(3-5-12(14)7-9-18-15)4-6-13-2-1-8-16-13;/h5-7,9-11,17-18H,1-4,8H2;1-3,5,8,10,16-17H,4,6-7,9H2;1H4. The molecule has 0 atom stereocenters. The molecule has 4 N–H and O–H groups in total. The predicted molar refractivity (Wildman–Crippen MR) is 154 cm³/mol. The molecule has 2 aliphatic rings. The average Bonchev–Trinajstić information content (AvgIpc) is 3.62. The highest BCUT2D eigenvalue weighted by molar-refractivity contribution is 6.67. The molecule has 0 saturated carbocycles. The van der Waals surface area contributed by atoms with Crippen molar-refractivity contribution in [2.45, 2.75) is 58.7 Å². The van der Waals surface area contributed by atoms with Crippen molar-refractivity contribution >= 4 is 25.0 Å². The van der Waals surface area contributed by atoms with E-state index in [-0.39, 0.29) is 14.3 Å². The first-order valence-corrected chi connectivity index (χ1v) is 13.1. The third-order valence-electron chi connectivity index (χ3n) is 7.33. The predicted octanol–water partition coefficient (Wildman–Crippen LogP) is 3.63. The summed E-state index contributed by atoms with van der Waals surface area (Å²) in [5, 5.41) is 19.8. The molecular formula is C30H38B2N2O3. The van der Waals surface area contributed by atoms with Gasteiger partial charge in [0.05, 0.1) is 0 Å². The fourth-order valence-corrected chi connectivity index (χ4v) is 5.21. The first-order valence-electron chi connectivity index (χ1n) is 13.1. The van der Waals surface area contributed by atoms with Gasteiger partial charge < -0.3 is 24.7 Å². The number of fused-ring (bicyclic) bond motifs is 2. The van der Waals surface area contributed by atoms with E-state index in [1.54, 1.807) is 0 Å². The number of aromatic amines is 2. The summed E-state index contributed by atoms with van der Waals surface area (Å²) in [6, 6.07) is 19.2. The van der Waals surface area contributed by atoms with Crippen LogP contribution < -0.4 is 10.9 Å². The topological polar surface area (TPSA) is 81.3 Å². The maximum absolute atomic E-state index is 10.0. The molecule has 0 spiro atoms. The van der Waals surface area contributed by atoms with Crippen molar-refractivity contribution in [1.82, 2.24) is 9.97 Å². The molecule has 0 bridgehead atoms. The van der Waals surface area contributed by atoms with Crippen molar-refractivity contribution in [3.63, 3.8) is 0 Å². The zero-order valence-electron chi connectivity index (χ0n) is 20.7. The second-order valence-corrected chi connectivity index (χ2v) is 9.86. The van der Waals surface area contributed by atoms with E-state index < -0.39 is 7.12 Å². The van der Waals surface area contributed by atoms with Gasteiger partial charge in [-0.2, -0.15) is 0 Å².